The number of hydrogen-bond acceptors (Lipinski definition) is 6. The Balaban J connectivity index is 1.71. The molecule has 7 nitrogen and oxygen atoms in total. The molecule has 1 atom stereocenters. The minimum Gasteiger partial charge on any atom is -0.329 e. The second kappa shape index (κ2) is 7.68. The van der Waals surface area contributed by atoms with Gasteiger partial charge in [-0.1, -0.05) is 48.0 Å². The molecule has 0 spiro atoms. The summed E-state index contributed by atoms with van der Waals surface area (Å²) in [4.78, 5) is 34.7. The molecule has 0 amide bonds. The number of aromatic nitrogens is 6. The Bertz CT molecular complexity index is 1740. The highest BCUT2D eigenvalue weighted by Gasteiger charge is 2.25. The molecule has 3 aromatic heterocycles. The number of aromatic amines is 1. The van der Waals surface area contributed by atoms with E-state index < -0.39 is 5.25 Å². The van der Waals surface area contributed by atoms with Crippen molar-refractivity contribution in [2.75, 3.05) is 0 Å². The average molecular weight is 471 g/mol. The van der Waals surface area contributed by atoms with Crippen molar-refractivity contribution < 1.29 is 0 Å². The first-order valence-corrected chi connectivity index (χ1v) is 11.0. The lowest BCUT2D eigenvalue weighted by Crippen LogP contribution is -2.25. The van der Waals surface area contributed by atoms with Crippen LogP contribution in [0.15, 0.2) is 78.1 Å². The molecule has 6 rings (SSSR count). The number of halogens is 1. The number of hydrogen-bond donors (Lipinski definition) is 2. The molecule has 160 valence electrons. The van der Waals surface area contributed by atoms with Gasteiger partial charge in [-0.3, -0.25) is 9.36 Å². The number of thiol groups is 1. The van der Waals surface area contributed by atoms with Crippen LogP contribution in [0.1, 0.15) is 16.8 Å². The van der Waals surface area contributed by atoms with Crippen molar-refractivity contribution in [3.8, 4) is 5.69 Å². The summed E-state index contributed by atoms with van der Waals surface area (Å²) < 4.78 is 1.51. The number of imidazole rings is 1. The van der Waals surface area contributed by atoms with Gasteiger partial charge >= 0.3 is 0 Å². The number of fused-ring (bicyclic) bond motifs is 3. The third-order valence-corrected chi connectivity index (χ3v) is 6.40. The van der Waals surface area contributed by atoms with E-state index in [4.69, 9.17) is 29.2 Å². The topological polar surface area (TPSA) is 89.3 Å². The molecule has 33 heavy (non-hydrogen) atoms. The summed E-state index contributed by atoms with van der Waals surface area (Å²) in [7, 11) is 0. The van der Waals surface area contributed by atoms with Crippen LogP contribution >= 0.6 is 24.2 Å². The van der Waals surface area contributed by atoms with Crippen LogP contribution < -0.4 is 5.56 Å². The summed E-state index contributed by atoms with van der Waals surface area (Å²) in [6, 6.07) is 18.8. The number of para-hydroxylation sites is 1. The third-order valence-electron chi connectivity index (χ3n) is 5.60. The van der Waals surface area contributed by atoms with Gasteiger partial charge in [-0.2, -0.15) is 12.6 Å². The third kappa shape index (κ3) is 3.18. The van der Waals surface area contributed by atoms with Crippen LogP contribution in [0, 0.1) is 0 Å². The Labute approximate surface area is 197 Å². The molecule has 0 saturated carbocycles. The molecule has 0 radical (unpaired) electrons. The van der Waals surface area contributed by atoms with Crippen LogP contribution in [0.3, 0.4) is 0 Å². The predicted molar refractivity (Wildman–Crippen MR) is 132 cm³/mol. The van der Waals surface area contributed by atoms with Crippen molar-refractivity contribution in [2.45, 2.75) is 5.25 Å². The van der Waals surface area contributed by atoms with E-state index in [9.17, 15) is 4.79 Å². The normalized spacial score (nSPS) is 12.5. The zero-order valence-corrected chi connectivity index (χ0v) is 18.6. The van der Waals surface area contributed by atoms with Gasteiger partial charge < -0.3 is 4.98 Å². The molecule has 1 N–H and O–H groups in total. The fourth-order valence-electron chi connectivity index (χ4n) is 4.04. The molecule has 0 saturated heterocycles. The van der Waals surface area contributed by atoms with Crippen molar-refractivity contribution in [3.63, 3.8) is 0 Å². The number of nitrogens with one attached hydrogen (secondary N) is 1. The molecule has 3 heterocycles. The molecular weight excluding hydrogens is 456 g/mol. The van der Waals surface area contributed by atoms with Crippen LogP contribution in [0.4, 0.5) is 0 Å². The molecule has 6 aromatic rings. The molecule has 1 unspecified atom stereocenters. The predicted octanol–water partition coefficient (Wildman–Crippen LogP) is 4.88. The molecule has 0 bridgehead atoms. The Morgan fingerprint density at radius 3 is 2.55 bits per heavy atom. The van der Waals surface area contributed by atoms with E-state index in [0.29, 0.717) is 44.3 Å². The summed E-state index contributed by atoms with van der Waals surface area (Å²) in [5.41, 5.74) is 2.54. The SMILES string of the molecule is O=c1c2cc3ccccc3cc2nc(C(S)c2ncnc3[nH]cnc23)n1-c1ccccc1Cl. The Morgan fingerprint density at radius 2 is 1.73 bits per heavy atom. The number of nitrogens with zero attached hydrogens (tertiary/aromatic N) is 5. The van der Waals surface area contributed by atoms with Crippen LogP contribution in [0.5, 0.6) is 0 Å². The van der Waals surface area contributed by atoms with Crippen LogP contribution in [-0.4, -0.2) is 29.5 Å². The van der Waals surface area contributed by atoms with Gasteiger partial charge in [0, 0.05) is 0 Å². The van der Waals surface area contributed by atoms with E-state index in [0.717, 1.165) is 10.8 Å². The lowest BCUT2D eigenvalue weighted by molar-refractivity contribution is 0.830. The van der Waals surface area contributed by atoms with Gasteiger partial charge in [0.25, 0.3) is 5.56 Å². The lowest BCUT2D eigenvalue weighted by Gasteiger charge is -2.19. The van der Waals surface area contributed by atoms with E-state index in [1.807, 2.05) is 48.5 Å². The molecule has 0 aliphatic rings. The van der Waals surface area contributed by atoms with Crippen molar-refractivity contribution >= 4 is 57.1 Å². The average Bonchev–Trinajstić information content (AvgIpc) is 3.32. The second-order valence-electron chi connectivity index (χ2n) is 7.54. The molecule has 0 fully saturated rings. The van der Waals surface area contributed by atoms with Gasteiger partial charge in [0.1, 0.15) is 22.9 Å². The standard InChI is InChI=1S/C24H15ClN6OS/c25-16-7-3-4-8-18(16)31-23(21(33)19-20-22(28-11-26-19)29-12-27-20)30-17-10-14-6-2-1-5-13(14)9-15(17)24(31)32/h1-12,21,33H,(H,26,27,28,29). The minimum atomic E-state index is -0.668. The van der Waals surface area contributed by atoms with E-state index >= 15 is 0 Å². The number of benzene rings is 3. The maximum atomic E-state index is 13.9. The largest absolute Gasteiger partial charge is 0.329 e. The minimum absolute atomic E-state index is 0.236. The first-order valence-electron chi connectivity index (χ1n) is 10.1. The van der Waals surface area contributed by atoms with Crippen LogP contribution in [-0.2, 0) is 0 Å². The monoisotopic (exact) mass is 470 g/mol. The van der Waals surface area contributed by atoms with Gasteiger partial charge in [0.15, 0.2) is 5.65 Å². The summed E-state index contributed by atoms with van der Waals surface area (Å²) in [5, 5.41) is 2.20. The summed E-state index contributed by atoms with van der Waals surface area (Å²) in [6.45, 7) is 0. The Kier molecular flexibility index (Phi) is 4.63. The van der Waals surface area contributed by atoms with E-state index in [1.54, 1.807) is 18.5 Å². The van der Waals surface area contributed by atoms with Crippen molar-refractivity contribution in [1.29, 1.82) is 0 Å². The molecule has 0 aliphatic heterocycles. The van der Waals surface area contributed by atoms with Crippen LogP contribution in [0.25, 0.3) is 38.5 Å². The quantitative estimate of drug-likeness (QED) is 0.284. The number of H-pyrrole nitrogens is 1. The van der Waals surface area contributed by atoms with Gasteiger partial charge in [-0.05, 0) is 35.0 Å². The fourth-order valence-corrected chi connectivity index (χ4v) is 4.63. The van der Waals surface area contributed by atoms with E-state index in [1.165, 1.54) is 10.9 Å². The van der Waals surface area contributed by atoms with E-state index in [2.05, 4.69) is 19.9 Å². The maximum absolute atomic E-state index is 13.9. The van der Waals surface area contributed by atoms with Crippen molar-refractivity contribution in [3.05, 3.63) is 100 Å². The Hall–Kier alpha value is -3.75. The first kappa shape index (κ1) is 19.9. The summed E-state index contributed by atoms with van der Waals surface area (Å²) >= 11 is 11.4. The maximum Gasteiger partial charge on any atom is 0.266 e. The smallest absolute Gasteiger partial charge is 0.266 e. The van der Waals surface area contributed by atoms with Crippen LogP contribution in [0.2, 0.25) is 5.02 Å². The Morgan fingerprint density at radius 1 is 0.970 bits per heavy atom. The van der Waals surface area contributed by atoms with E-state index in [-0.39, 0.29) is 5.56 Å². The zero-order valence-electron chi connectivity index (χ0n) is 17.0. The van der Waals surface area contributed by atoms with Gasteiger partial charge in [0.05, 0.1) is 33.6 Å². The highest BCUT2D eigenvalue weighted by atomic mass is 35.5. The highest BCUT2D eigenvalue weighted by molar-refractivity contribution is 7.80. The fraction of sp³-hybridized carbons (Fsp3) is 0.0417. The summed E-state index contributed by atoms with van der Waals surface area (Å²) in [5.74, 6) is 0.391. The second-order valence-corrected chi connectivity index (χ2v) is 8.46. The molecular formula is C24H15ClN6OS. The highest BCUT2D eigenvalue weighted by Crippen LogP contribution is 2.32. The van der Waals surface area contributed by atoms with Gasteiger partial charge in [-0.25, -0.2) is 19.9 Å². The molecule has 3 aromatic carbocycles. The number of rotatable bonds is 3. The summed E-state index contributed by atoms with van der Waals surface area (Å²) in [6.07, 6.45) is 2.98. The lowest BCUT2D eigenvalue weighted by atomic mass is 10.1. The van der Waals surface area contributed by atoms with Crippen molar-refractivity contribution in [1.82, 2.24) is 29.5 Å². The van der Waals surface area contributed by atoms with Gasteiger partial charge in [-0.15, -0.1) is 0 Å². The zero-order chi connectivity index (χ0) is 22.5. The van der Waals surface area contributed by atoms with Crippen molar-refractivity contribution in [2.24, 2.45) is 0 Å². The van der Waals surface area contributed by atoms with Gasteiger partial charge in [0.2, 0.25) is 0 Å². The first-order chi connectivity index (χ1) is 16.1. The molecule has 0 aliphatic carbocycles. The molecule has 9 heteroatoms.